The minimum atomic E-state index is -4.64. The number of sulfonamides is 1. The number of halogens is 3. The predicted molar refractivity (Wildman–Crippen MR) is 101 cm³/mol. The quantitative estimate of drug-likeness (QED) is 0.658. The summed E-state index contributed by atoms with van der Waals surface area (Å²) in [6.45, 7) is 0.585. The first kappa shape index (κ1) is 20.1. The van der Waals surface area contributed by atoms with E-state index in [1.54, 1.807) is 12.1 Å². The van der Waals surface area contributed by atoms with Gasteiger partial charge in [0.1, 0.15) is 6.61 Å². The van der Waals surface area contributed by atoms with E-state index in [0.29, 0.717) is 30.7 Å². The van der Waals surface area contributed by atoms with Crippen LogP contribution in [0.15, 0.2) is 65.8 Å². The van der Waals surface area contributed by atoms with Crippen LogP contribution in [0, 0.1) is 0 Å². The Bertz CT molecular complexity index is 1160. The van der Waals surface area contributed by atoms with Crippen LogP contribution in [-0.2, 0) is 22.7 Å². The maximum atomic E-state index is 12.9. The van der Waals surface area contributed by atoms with Crippen LogP contribution in [0.4, 0.5) is 18.9 Å². The number of rotatable bonds is 5. The lowest BCUT2D eigenvalue weighted by molar-refractivity contribution is -0.137. The number of hydrogen-bond donors (Lipinski definition) is 1. The first-order chi connectivity index (χ1) is 14.2. The molecule has 0 fully saturated rings. The maximum absolute atomic E-state index is 12.9. The summed E-state index contributed by atoms with van der Waals surface area (Å²) in [6, 6.07) is 10.7. The van der Waals surface area contributed by atoms with E-state index in [9.17, 15) is 21.6 Å². The number of ether oxygens (including phenoxy) is 2. The second-order valence-corrected chi connectivity index (χ2v) is 8.26. The number of nitrogens with zero attached hydrogens (tertiary/aromatic N) is 2. The summed E-state index contributed by atoms with van der Waals surface area (Å²) in [6.07, 6.45) is -2.29. The molecule has 2 heterocycles. The molecular formula is C19H16F3N3O4S. The smallest absolute Gasteiger partial charge is 0.416 e. The molecule has 7 nitrogen and oxygen atoms in total. The lowest BCUT2D eigenvalue weighted by Crippen LogP contribution is -2.33. The Kier molecular flexibility index (Phi) is 5.06. The summed E-state index contributed by atoms with van der Waals surface area (Å²) in [5.74, 6) is 1.25. The van der Waals surface area contributed by atoms with Crippen LogP contribution in [0.25, 0.3) is 0 Å². The first-order valence-electron chi connectivity index (χ1n) is 8.82. The highest BCUT2D eigenvalue weighted by atomic mass is 32.2. The Morgan fingerprint density at radius 2 is 1.90 bits per heavy atom. The molecule has 0 saturated carbocycles. The number of para-hydroxylation sites is 2. The van der Waals surface area contributed by atoms with Crippen LogP contribution in [0.1, 0.15) is 5.56 Å². The van der Waals surface area contributed by atoms with Crippen LogP contribution >= 0.6 is 0 Å². The number of benzene rings is 2. The van der Waals surface area contributed by atoms with Gasteiger partial charge in [0.25, 0.3) is 10.0 Å². The average Bonchev–Trinajstić information content (AvgIpc) is 3.13. The van der Waals surface area contributed by atoms with E-state index in [1.165, 1.54) is 17.1 Å². The van der Waals surface area contributed by atoms with Gasteiger partial charge >= 0.3 is 6.18 Å². The predicted octanol–water partition coefficient (Wildman–Crippen LogP) is 3.54. The highest BCUT2D eigenvalue weighted by molar-refractivity contribution is 7.92. The lowest BCUT2D eigenvalue weighted by atomic mass is 10.2. The van der Waals surface area contributed by atoms with Crippen molar-refractivity contribution in [3.8, 4) is 11.5 Å². The largest absolute Gasteiger partial charge is 0.486 e. The fourth-order valence-corrected chi connectivity index (χ4v) is 4.00. The number of nitrogens with one attached hydrogen (secondary N) is 1. The minimum absolute atomic E-state index is 0.115. The van der Waals surface area contributed by atoms with Crippen molar-refractivity contribution in [2.75, 3.05) is 11.3 Å². The van der Waals surface area contributed by atoms with E-state index < -0.39 is 26.7 Å². The van der Waals surface area contributed by atoms with Gasteiger partial charge in [-0.2, -0.15) is 18.3 Å². The Morgan fingerprint density at radius 3 is 2.67 bits per heavy atom. The van der Waals surface area contributed by atoms with Crippen molar-refractivity contribution in [2.45, 2.75) is 23.7 Å². The Balaban J connectivity index is 1.45. The number of aromatic nitrogens is 2. The maximum Gasteiger partial charge on any atom is 0.416 e. The van der Waals surface area contributed by atoms with Gasteiger partial charge in [-0.3, -0.25) is 9.40 Å². The van der Waals surface area contributed by atoms with Gasteiger partial charge in [0.2, 0.25) is 0 Å². The van der Waals surface area contributed by atoms with Gasteiger partial charge in [-0.1, -0.05) is 18.2 Å². The molecule has 2 aromatic carbocycles. The molecule has 1 aromatic heterocycles. The molecule has 0 aliphatic carbocycles. The van der Waals surface area contributed by atoms with Crippen LogP contribution < -0.4 is 14.2 Å². The summed E-state index contributed by atoms with van der Waals surface area (Å²) in [5, 5.41) is 4.08. The fraction of sp³-hybridized carbons (Fsp3) is 0.211. The number of anilines is 1. The average molecular weight is 439 g/mol. The molecule has 11 heteroatoms. The zero-order chi connectivity index (χ0) is 21.4. The van der Waals surface area contributed by atoms with Gasteiger partial charge in [-0.05, 0) is 30.3 Å². The van der Waals surface area contributed by atoms with Gasteiger partial charge in [0.15, 0.2) is 17.6 Å². The van der Waals surface area contributed by atoms with E-state index in [1.807, 2.05) is 12.1 Å². The molecule has 0 amide bonds. The third-order valence-electron chi connectivity index (χ3n) is 4.32. The molecule has 0 spiro atoms. The first-order valence-corrected chi connectivity index (χ1v) is 10.3. The van der Waals surface area contributed by atoms with Crippen LogP contribution in [0.5, 0.6) is 11.5 Å². The molecule has 3 aromatic rings. The summed E-state index contributed by atoms with van der Waals surface area (Å²) >= 11 is 0. The third kappa shape index (κ3) is 4.35. The molecule has 30 heavy (non-hydrogen) atoms. The van der Waals surface area contributed by atoms with Crippen molar-refractivity contribution >= 4 is 15.7 Å². The molecule has 1 N–H and O–H groups in total. The molecule has 0 unspecified atom stereocenters. The molecule has 1 atom stereocenters. The van der Waals surface area contributed by atoms with Gasteiger partial charge < -0.3 is 9.47 Å². The van der Waals surface area contributed by atoms with Crippen LogP contribution in [-0.4, -0.2) is 30.9 Å². The zero-order valence-electron chi connectivity index (χ0n) is 15.3. The molecule has 0 saturated heterocycles. The molecule has 0 radical (unpaired) electrons. The van der Waals surface area contributed by atoms with Crippen molar-refractivity contribution in [2.24, 2.45) is 0 Å². The number of alkyl halides is 3. The SMILES string of the molecule is O=S(=O)(Nc1cnn(C[C@@H]2COc3ccccc3O2)c1)c1cccc(C(F)(F)F)c1. The Morgan fingerprint density at radius 1 is 1.13 bits per heavy atom. The molecular weight excluding hydrogens is 423 g/mol. The van der Waals surface area contributed by atoms with Crippen molar-refractivity contribution in [3.63, 3.8) is 0 Å². The van der Waals surface area contributed by atoms with Gasteiger partial charge in [0, 0.05) is 6.20 Å². The summed E-state index contributed by atoms with van der Waals surface area (Å²) < 4.78 is 78.6. The Hall–Kier alpha value is -3.21. The summed E-state index contributed by atoms with van der Waals surface area (Å²) in [5.41, 5.74) is -0.930. The standard InChI is InChI=1S/C19H16F3N3O4S/c20-19(21,22)13-4-3-5-16(8-13)30(26,27)24-14-9-23-25(10-14)11-15-12-28-17-6-1-2-7-18(17)29-15/h1-10,15,24H,11-12H2/t15-/m1/s1. The van der Waals surface area contributed by atoms with Gasteiger partial charge in [-0.15, -0.1) is 0 Å². The summed E-state index contributed by atoms with van der Waals surface area (Å²) in [7, 11) is -4.22. The van der Waals surface area contributed by atoms with E-state index in [-0.39, 0.29) is 11.8 Å². The second kappa shape index (κ2) is 7.56. The van der Waals surface area contributed by atoms with Gasteiger partial charge in [-0.25, -0.2) is 8.42 Å². The number of hydrogen-bond acceptors (Lipinski definition) is 5. The highest BCUT2D eigenvalue weighted by Crippen LogP contribution is 2.32. The number of fused-ring (bicyclic) bond motifs is 1. The summed E-state index contributed by atoms with van der Waals surface area (Å²) in [4.78, 5) is -0.495. The minimum Gasteiger partial charge on any atom is -0.486 e. The topological polar surface area (TPSA) is 82.5 Å². The molecule has 1 aliphatic heterocycles. The van der Waals surface area contributed by atoms with E-state index in [4.69, 9.17) is 9.47 Å². The molecule has 1 aliphatic rings. The van der Waals surface area contributed by atoms with E-state index >= 15 is 0 Å². The lowest BCUT2D eigenvalue weighted by Gasteiger charge is -2.26. The fourth-order valence-electron chi connectivity index (χ4n) is 2.93. The molecule has 158 valence electrons. The highest BCUT2D eigenvalue weighted by Gasteiger charge is 2.31. The van der Waals surface area contributed by atoms with Crippen molar-refractivity contribution in [3.05, 3.63) is 66.5 Å². The molecule has 0 bridgehead atoms. The normalized spacial score (nSPS) is 16.3. The van der Waals surface area contributed by atoms with Crippen LogP contribution in [0.2, 0.25) is 0 Å². The van der Waals surface area contributed by atoms with Gasteiger partial charge in [0.05, 0.1) is 28.9 Å². The van der Waals surface area contributed by atoms with Crippen LogP contribution in [0.3, 0.4) is 0 Å². The zero-order valence-corrected chi connectivity index (χ0v) is 16.2. The van der Waals surface area contributed by atoms with E-state index in [2.05, 4.69) is 9.82 Å². The van der Waals surface area contributed by atoms with E-state index in [0.717, 1.165) is 18.2 Å². The second-order valence-electron chi connectivity index (χ2n) is 6.58. The monoisotopic (exact) mass is 439 g/mol. The Labute approximate surface area is 170 Å². The van der Waals surface area contributed by atoms with Crippen molar-refractivity contribution < 1.29 is 31.1 Å². The van der Waals surface area contributed by atoms with Crippen molar-refractivity contribution in [1.82, 2.24) is 9.78 Å². The third-order valence-corrected chi connectivity index (χ3v) is 5.69. The van der Waals surface area contributed by atoms with Crippen molar-refractivity contribution in [1.29, 1.82) is 0 Å². The molecule has 4 rings (SSSR count).